The van der Waals surface area contributed by atoms with Crippen LogP contribution < -0.4 is 10.6 Å². The number of benzene rings is 1. The summed E-state index contributed by atoms with van der Waals surface area (Å²) in [7, 11) is 0. The van der Waals surface area contributed by atoms with Crippen LogP contribution in [-0.4, -0.2) is 25.3 Å². The van der Waals surface area contributed by atoms with Crippen LogP contribution in [0.1, 0.15) is 12.0 Å². The van der Waals surface area contributed by atoms with Gasteiger partial charge in [-0.25, -0.2) is 0 Å². The molecule has 1 aromatic carbocycles. The van der Waals surface area contributed by atoms with Crippen LogP contribution in [0.5, 0.6) is 0 Å². The molecule has 2 N–H and O–H groups in total. The van der Waals surface area contributed by atoms with Gasteiger partial charge in [-0.2, -0.15) is 0 Å². The number of morpholine rings is 1. The summed E-state index contributed by atoms with van der Waals surface area (Å²) in [5.74, 6) is 0. The first-order valence-corrected chi connectivity index (χ1v) is 5.48. The van der Waals surface area contributed by atoms with Gasteiger partial charge in [-0.15, -0.1) is 0 Å². The molecule has 2 aliphatic rings. The Balaban J connectivity index is 1.90. The number of nitrogens with zero attached hydrogens (tertiary/aromatic N) is 1. The van der Waals surface area contributed by atoms with Crippen LogP contribution in [0.4, 0.5) is 11.4 Å². The van der Waals surface area contributed by atoms with E-state index < -0.39 is 0 Å². The Labute approximate surface area is 89.8 Å². The Morgan fingerprint density at radius 2 is 2.33 bits per heavy atom. The highest BCUT2D eigenvalue weighted by atomic mass is 16.5. The number of nitrogen functional groups attached to an aromatic ring is 1. The maximum Gasteiger partial charge on any atom is 0.0771 e. The summed E-state index contributed by atoms with van der Waals surface area (Å²) in [5, 5.41) is 0. The summed E-state index contributed by atoms with van der Waals surface area (Å²) >= 11 is 0. The Bertz CT molecular complexity index is 391. The van der Waals surface area contributed by atoms with Crippen molar-refractivity contribution in [2.24, 2.45) is 0 Å². The smallest absolute Gasteiger partial charge is 0.0771 e. The molecular weight excluding hydrogens is 188 g/mol. The highest BCUT2D eigenvalue weighted by Gasteiger charge is 2.38. The average Bonchev–Trinajstić information content (AvgIpc) is 2.83. The van der Waals surface area contributed by atoms with Crippen LogP contribution in [0, 0.1) is 6.92 Å². The second-order valence-electron chi connectivity index (χ2n) is 4.54. The minimum atomic E-state index is 0.452. The van der Waals surface area contributed by atoms with E-state index in [1.807, 2.05) is 6.07 Å². The van der Waals surface area contributed by atoms with Gasteiger partial charge in [0.2, 0.25) is 0 Å². The van der Waals surface area contributed by atoms with Crippen molar-refractivity contribution in [1.29, 1.82) is 0 Å². The number of anilines is 2. The predicted octanol–water partition coefficient (Wildman–Crippen LogP) is 1.55. The molecular formula is C12H16N2O. The van der Waals surface area contributed by atoms with Crippen LogP contribution in [-0.2, 0) is 4.74 Å². The van der Waals surface area contributed by atoms with Gasteiger partial charge in [-0.05, 0) is 37.1 Å². The van der Waals surface area contributed by atoms with E-state index in [-0.39, 0.29) is 0 Å². The third-order valence-corrected chi connectivity index (χ3v) is 3.49. The molecule has 2 heterocycles. The van der Waals surface area contributed by atoms with Crippen LogP contribution in [0.3, 0.4) is 0 Å². The lowest BCUT2D eigenvalue weighted by Crippen LogP contribution is -2.36. The van der Waals surface area contributed by atoms with E-state index in [1.165, 1.54) is 12.1 Å². The quantitative estimate of drug-likeness (QED) is 0.705. The Hall–Kier alpha value is -1.22. The number of hydrogen-bond donors (Lipinski definition) is 1. The van der Waals surface area contributed by atoms with Gasteiger partial charge in [0.15, 0.2) is 0 Å². The van der Waals surface area contributed by atoms with Crippen molar-refractivity contribution < 1.29 is 4.74 Å². The fraction of sp³-hybridized carbons (Fsp3) is 0.500. The molecule has 80 valence electrons. The number of hydrogen-bond acceptors (Lipinski definition) is 3. The van der Waals surface area contributed by atoms with Crippen molar-refractivity contribution in [1.82, 2.24) is 0 Å². The summed E-state index contributed by atoms with van der Waals surface area (Å²) in [6, 6.07) is 6.87. The molecule has 2 aliphatic heterocycles. The zero-order valence-corrected chi connectivity index (χ0v) is 8.94. The molecule has 2 bridgehead atoms. The second kappa shape index (κ2) is 3.14. The highest BCUT2D eigenvalue weighted by molar-refractivity contribution is 5.59. The molecule has 0 radical (unpaired) electrons. The van der Waals surface area contributed by atoms with Crippen molar-refractivity contribution in [3.8, 4) is 0 Å². The first kappa shape index (κ1) is 9.04. The first-order valence-electron chi connectivity index (χ1n) is 5.48. The first-order chi connectivity index (χ1) is 7.24. The average molecular weight is 204 g/mol. The van der Waals surface area contributed by atoms with E-state index in [1.54, 1.807) is 0 Å². The molecule has 0 aliphatic carbocycles. The number of ether oxygens (including phenoxy) is 1. The Morgan fingerprint density at radius 1 is 1.47 bits per heavy atom. The van der Waals surface area contributed by atoms with Crippen LogP contribution in [0.15, 0.2) is 18.2 Å². The standard InChI is InChI=1S/C12H16N2O/c1-8-4-9(2-3-12(8)13)14-6-11-5-10(14)7-15-11/h2-4,10-11H,5-7,13H2,1H3/t10-,11-/m1/s1. The van der Waals surface area contributed by atoms with Gasteiger partial charge < -0.3 is 15.4 Å². The van der Waals surface area contributed by atoms with Gasteiger partial charge in [0.25, 0.3) is 0 Å². The van der Waals surface area contributed by atoms with Crippen LogP contribution in [0.2, 0.25) is 0 Å². The molecule has 0 unspecified atom stereocenters. The lowest BCUT2D eigenvalue weighted by Gasteiger charge is -2.29. The van der Waals surface area contributed by atoms with Crippen molar-refractivity contribution in [3.05, 3.63) is 23.8 Å². The molecule has 3 nitrogen and oxygen atoms in total. The molecule has 3 rings (SSSR count). The lowest BCUT2D eigenvalue weighted by molar-refractivity contribution is 0.0991. The summed E-state index contributed by atoms with van der Waals surface area (Å²) < 4.78 is 5.59. The molecule has 3 heteroatoms. The summed E-state index contributed by atoms with van der Waals surface area (Å²) in [6.07, 6.45) is 1.64. The van der Waals surface area contributed by atoms with E-state index in [2.05, 4.69) is 24.0 Å². The molecule has 0 spiro atoms. The SMILES string of the molecule is Cc1cc(N2C[C@H]3C[C@@H]2CO3)ccc1N. The maximum atomic E-state index is 5.82. The topological polar surface area (TPSA) is 38.5 Å². The van der Waals surface area contributed by atoms with Crippen LogP contribution in [0.25, 0.3) is 0 Å². The Morgan fingerprint density at radius 3 is 2.93 bits per heavy atom. The van der Waals surface area contributed by atoms with Gasteiger partial charge in [-0.3, -0.25) is 0 Å². The van der Waals surface area contributed by atoms with Gasteiger partial charge in [0.05, 0.1) is 18.8 Å². The third kappa shape index (κ3) is 1.38. The molecule has 0 amide bonds. The summed E-state index contributed by atoms with van der Waals surface area (Å²) in [4.78, 5) is 2.45. The molecule has 0 aromatic heterocycles. The maximum absolute atomic E-state index is 5.82. The Kier molecular flexibility index (Phi) is 1.89. The van der Waals surface area contributed by atoms with Crippen molar-refractivity contribution in [2.75, 3.05) is 23.8 Å². The predicted molar refractivity (Wildman–Crippen MR) is 61.1 cm³/mol. The zero-order valence-electron chi connectivity index (χ0n) is 8.94. The third-order valence-electron chi connectivity index (χ3n) is 3.49. The lowest BCUT2D eigenvalue weighted by atomic mass is 10.1. The van der Waals surface area contributed by atoms with Gasteiger partial charge in [0, 0.05) is 17.9 Å². The van der Waals surface area contributed by atoms with Gasteiger partial charge >= 0.3 is 0 Å². The largest absolute Gasteiger partial charge is 0.399 e. The summed E-state index contributed by atoms with van der Waals surface area (Å²) in [6.45, 7) is 3.98. The fourth-order valence-electron chi connectivity index (χ4n) is 2.55. The monoisotopic (exact) mass is 204 g/mol. The molecule has 1 aromatic rings. The normalized spacial score (nSPS) is 28.7. The van der Waals surface area contributed by atoms with Crippen molar-refractivity contribution >= 4 is 11.4 Å². The molecule has 0 saturated carbocycles. The van der Waals surface area contributed by atoms with Gasteiger partial charge in [0.1, 0.15) is 0 Å². The van der Waals surface area contributed by atoms with E-state index in [0.29, 0.717) is 12.1 Å². The van der Waals surface area contributed by atoms with E-state index >= 15 is 0 Å². The molecule has 2 fully saturated rings. The minimum Gasteiger partial charge on any atom is -0.399 e. The highest BCUT2D eigenvalue weighted by Crippen LogP contribution is 2.33. The van der Waals surface area contributed by atoms with Crippen molar-refractivity contribution in [2.45, 2.75) is 25.5 Å². The fourth-order valence-corrected chi connectivity index (χ4v) is 2.55. The summed E-state index contributed by atoms with van der Waals surface area (Å²) in [5.41, 5.74) is 9.15. The molecule has 15 heavy (non-hydrogen) atoms. The minimum absolute atomic E-state index is 0.452. The number of nitrogens with two attached hydrogens (primary N) is 1. The number of rotatable bonds is 1. The molecule has 2 atom stereocenters. The van der Waals surface area contributed by atoms with E-state index in [0.717, 1.165) is 24.4 Å². The van der Waals surface area contributed by atoms with Gasteiger partial charge in [-0.1, -0.05) is 0 Å². The number of aryl methyl sites for hydroxylation is 1. The van der Waals surface area contributed by atoms with Crippen molar-refractivity contribution in [3.63, 3.8) is 0 Å². The second-order valence-corrected chi connectivity index (χ2v) is 4.54. The van der Waals surface area contributed by atoms with E-state index in [4.69, 9.17) is 10.5 Å². The number of fused-ring (bicyclic) bond motifs is 2. The molecule has 2 saturated heterocycles. The zero-order chi connectivity index (χ0) is 10.4. The van der Waals surface area contributed by atoms with E-state index in [9.17, 15) is 0 Å². The van der Waals surface area contributed by atoms with Crippen LogP contribution >= 0.6 is 0 Å².